The lowest BCUT2D eigenvalue weighted by Crippen LogP contribution is -2.31. The normalized spacial score (nSPS) is 12.0. The lowest BCUT2D eigenvalue weighted by atomic mass is 10.1. The fourth-order valence-electron chi connectivity index (χ4n) is 2.25. The van der Waals surface area contributed by atoms with Gasteiger partial charge in [0.05, 0.1) is 12.5 Å². The molecule has 0 aliphatic rings. The number of nitrogens with zero attached hydrogens (tertiary/aromatic N) is 1. The van der Waals surface area contributed by atoms with E-state index in [1.165, 1.54) is 0 Å². The SMILES string of the molecule is Cc1nc(C)c(CC(=O)N[C@H](C)c2ccc(Cl)cc2)c(=O)[nH]1. The van der Waals surface area contributed by atoms with Crippen LogP contribution in [0.1, 0.15) is 35.6 Å². The molecule has 0 aliphatic carbocycles. The van der Waals surface area contributed by atoms with Crippen molar-refractivity contribution in [3.05, 3.63) is 62.3 Å². The number of carbonyl (C=O) groups is 1. The molecule has 1 amide bonds. The van der Waals surface area contributed by atoms with Gasteiger partial charge in [-0.25, -0.2) is 4.98 Å². The Hall–Kier alpha value is -2.14. The number of amides is 1. The lowest BCUT2D eigenvalue weighted by molar-refractivity contribution is -0.121. The number of rotatable bonds is 4. The van der Waals surface area contributed by atoms with Crippen LogP contribution in [-0.2, 0) is 11.2 Å². The minimum absolute atomic E-state index is 0.00633. The number of H-pyrrole nitrogens is 1. The average molecular weight is 320 g/mol. The van der Waals surface area contributed by atoms with E-state index in [2.05, 4.69) is 15.3 Å². The Labute approximate surface area is 133 Å². The van der Waals surface area contributed by atoms with Gasteiger partial charge in [-0.05, 0) is 38.5 Å². The summed E-state index contributed by atoms with van der Waals surface area (Å²) in [5.41, 5.74) is 1.66. The summed E-state index contributed by atoms with van der Waals surface area (Å²) < 4.78 is 0. The highest BCUT2D eigenvalue weighted by Crippen LogP contribution is 2.16. The molecule has 22 heavy (non-hydrogen) atoms. The van der Waals surface area contributed by atoms with Gasteiger partial charge in [0.25, 0.3) is 5.56 Å². The number of carbonyl (C=O) groups excluding carboxylic acids is 1. The van der Waals surface area contributed by atoms with Gasteiger partial charge < -0.3 is 10.3 Å². The van der Waals surface area contributed by atoms with Crippen molar-refractivity contribution in [2.45, 2.75) is 33.2 Å². The summed E-state index contributed by atoms with van der Waals surface area (Å²) in [6.45, 7) is 5.32. The molecule has 2 N–H and O–H groups in total. The van der Waals surface area contributed by atoms with Crippen LogP contribution < -0.4 is 10.9 Å². The first-order chi connectivity index (χ1) is 10.4. The third kappa shape index (κ3) is 3.95. The van der Waals surface area contributed by atoms with Crippen molar-refractivity contribution in [2.75, 3.05) is 0 Å². The summed E-state index contributed by atoms with van der Waals surface area (Å²) in [5, 5.41) is 3.52. The quantitative estimate of drug-likeness (QED) is 0.909. The van der Waals surface area contributed by atoms with Gasteiger partial charge >= 0.3 is 0 Å². The molecule has 0 radical (unpaired) electrons. The number of aromatic amines is 1. The second-order valence-corrected chi connectivity index (χ2v) is 5.67. The number of halogens is 1. The highest BCUT2D eigenvalue weighted by molar-refractivity contribution is 6.30. The van der Waals surface area contributed by atoms with Crippen molar-refractivity contribution in [1.29, 1.82) is 0 Å². The monoisotopic (exact) mass is 319 g/mol. The Kier molecular flexibility index (Phi) is 4.98. The summed E-state index contributed by atoms with van der Waals surface area (Å²) in [6, 6.07) is 7.11. The molecule has 6 heteroatoms. The lowest BCUT2D eigenvalue weighted by Gasteiger charge is -2.14. The highest BCUT2D eigenvalue weighted by Gasteiger charge is 2.14. The maximum absolute atomic E-state index is 12.1. The zero-order valence-corrected chi connectivity index (χ0v) is 13.5. The van der Waals surface area contributed by atoms with Crippen molar-refractivity contribution >= 4 is 17.5 Å². The molecular formula is C16H18ClN3O2. The molecule has 5 nitrogen and oxygen atoms in total. The average Bonchev–Trinajstić information content (AvgIpc) is 2.43. The van der Waals surface area contributed by atoms with E-state index in [1.807, 2.05) is 19.1 Å². The van der Waals surface area contributed by atoms with Gasteiger partial charge in [0.1, 0.15) is 5.82 Å². The molecular weight excluding hydrogens is 302 g/mol. The van der Waals surface area contributed by atoms with Gasteiger partial charge in [0.15, 0.2) is 0 Å². The van der Waals surface area contributed by atoms with Gasteiger partial charge in [-0.2, -0.15) is 0 Å². The Morgan fingerprint density at radius 1 is 1.32 bits per heavy atom. The molecule has 0 spiro atoms. The van der Waals surface area contributed by atoms with E-state index in [9.17, 15) is 9.59 Å². The molecule has 1 aromatic carbocycles. The standard InChI is InChI=1S/C16H18ClN3O2/c1-9(12-4-6-13(17)7-5-12)19-15(21)8-14-10(2)18-11(3)20-16(14)22/h4-7,9H,8H2,1-3H3,(H,19,21)(H,18,20,22)/t9-/m1/s1. The van der Waals surface area contributed by atoms with Crippen molar-refractivity contribution in [3.8, 4) is 0 Å². The maximum atomic E-state index is 12.1. The Bertz CT molecular complexity index is 738. The first-order valence-electron chi connectivity index (χ1n) is 6.98. The molecule has 1 aromatic heterocycles. The first-order valence-corrected chi connectivity index (χ1v) is 7.36. The van der Waals surface area contributed by atoms with Gasteiger partial charge in [-0.3, -0.25) is 9.59 Å². The van der Waals surface area contributed by atoms with Crippen molar-refractivity contribution in [2.24, 2.45) is 0 Å². The molecule has 0 fully saturated rings. The molecule has 1 atom stereocenters. The van der Waals surface area contributed by atoms with E-state index >= 15 is 0 Å². The Balaban J connectivity index is 2.07. The summed E-state index contributed by atoms with van der Waals surface area (Å²) in [4.78, 5) is 30.8. The van der Waals surface area contributed by atoms with Gasteiger partial charge in [-0.1, -0.05) is 23.7 Å². The first kappa shape index (κ1) is 16.2. The molecule has 116 valence electrons. The Morgan fingerprint density at radius 3 is 2.55 bits per heavy atom. The number of benzene rings is 1. The van der Waals surface area contributed by atoms with Crippen LogP contribution in [0.2, 0.25) is 5.02 Å². The van der Waals surface area contributed by atoms with E-state index in [1.54, 1.807) is 26.0 Å². The van der Waals surface area contributed by atoms with E-state index in [-0.39, 0.29) is 23.9 Å². The number of hydrogen-bond acceptors (Lipinski definition) is 3. The molecule has 0 saturated heterocycles. The van der Waals surface area contributed by atoms with Crippen molar-refractivity contribution in [3.63, 3.8) is 0 Å². The van der Waals surface area contributed by atoms with E-state index in [0.717, 1.165) is 5.56 Å². The largest absolute Gasteiger partial charge is 0.349 e. The minimum Gasteiger partial charge on any atom is -0.349 e. The second-order valence-electron chi connectivity index (χ2n) is 5.23. The molecule has 0 bridgehead atoms. The third-order valence-electron chi connectivity index (χ3n) is 3.43. The highest BCUT2D eigenvalue weighted by atomic mass is 35.5. The van der Waals surface area contributed by atoms with E-state index in [4.69, 9.17) is 11.6 Å². The number of aryl methyl sites for hydroxylation is 2. The predicted octanol–water partition coefficient (Wildman–Crippen LogP) is 2.46. The zero-order valence-electron chi connectivity index (χ0n) is 12.7. The van der Waals surface area contributed by atoms with Crippen LogP contribution >= 0.6 is 11.6 Å². The smallest absolute Gasteiger partial charge is 0.254 e. The molecule has 0 unspecified atom stereocenters. The molecule has 2 aromatic rings. The van der Waals surface area contributed by atoms with Gasteiger partial charge in [-0.15, -0.1) is 0 Å². The zero-order chi connectivity index (χ0) is 16.3. The fourth-order valence-corrected chi connectivity index (χ4v) is 2.37. The number of aromatic nitrogens is 2. The van der Waals surface area contributed by atoms with Crippen LogP contribution in [0.25, 0.3) is 0 Å². The summed E-state index contributed by atoms with van der Waals surface area (Å²) in [6.07, 6.45) is 0.00633. The molecule has 1 heterocycles. The van der Waals surface area contributed by atoms with Crippen molar-refractivity contribution in [1.82, 2.24) is 15.3 Å². The van der Waals surface area contributed by atoms with E-state index < -0.39 is 0 Å². The topological polar surface area (TPSA) is 74.8 Å². The van der Waals surface area contributed by atoms with Crippen LogP contribution in [0.15, 0.2) is 29.1 Å². The fraction of sp³-hybridized carbons (Fsp3) is 0.312. The molecule has 0 aliphatic heterocycles. The number of hydrogen-bond donors (Lipinski definition) is 2. The third-order valence-corrected chi connectivity index (χ3v) is 3.68. The minimum atomic E-state index is -0.265. The van der Waals surface area contributed by atoms with E-state index in [0.29, 0.717) is 22.1 Å². The van der Waals surface area contributed by atoms with Gasteiger partial charge in [0.2, 0.25) is 5.91 Å². The summed E-state index contributed by atoms with van der Waals surface area (Å²) >= 11 is 5.84. The van der Waals surface area contributed by atoms with Crippen LogP contribution in [0.4, 0.5) is 0 Å². The van der Waals surface area contributed by atoms with Crippen LogP contribution in [0.5, 0.6) is 0 Å². The van der Waals surface area contributed by atoms with Crippen molar-refractivity contribution < 1.29 is 4.79 Å². The summed E-state index contributed by atoms with van der Waals surface area (Å²) in [7, 11) is 0. The maximum Gasteiger partial charge on any atom is 0.254 e. The summed E-state index contributed by atoms with van der Waals surface area (Å²) in [5.74, 6) is 0.322. The van der Waals surface area contributed by atoms with Crippen LogP contribution in [0.3, 0.4) is 0 Å². The molecule has 2 rings (SSSR count). The number of nitrogens with one attached hydrogen (secondary N) is 2. The Morgan fingerprint density at radius 2 is 1.95 bits per heavy atom. The van der Waals surface area contributed by atoms with Crippen LogP contribution in [0, 0.1) is 13.8 Å². The van der Waals surface area contributed by atoms with Gasteiger partial charge in [0, 0.05) is 16.3 Å². The molecule has 0 saturated carbocycles. The van der Waals surface area contributed by atoms with Crippen LogP contribution in [-0.4, -0.2) is 15.9 Å². The second kappa shape index (κ2) is 6.75. The predicted molar refractivity (Wildman–Crippen MR) is 86.0 cm³/mol.